The third-order valence-corrected chi connectivity index (χ3v) is 3.31. The average Bonchev–Trinajstić information content (AvgIpc) is 2.41. The van der Waals surface area contributed by atoms with Gasteiger partial charge < -0.3 is 4.74 Å². The Hall–Kier alpha value is -1.05. The Morgan fingerprint density at radius 1 is 0.947 bits per heavy atom. The number of esters is 1. The Kier molecular flexibility index (Phi) is 12.6. The molecule has 0 aliphatic heterocycles. The number of hydrogen-bond acceptors (Lipinski definition) is 2. The zero-order chi connectivity index (χ0) is 14.3. The van der Waals surface area contributed by atoms with Crippen LogP contribution in [0.2, 0.25) is 0 Å². The van der Waals surface area contributed by atoms with Gasteiger partial charge in [-0.2, -0.15) is 0 Å². The maximum atomic E-state index is 11.2. The predicted molar refractivity (Wildman–Crippen MR) is 81.9 cm³/mol. The summed E-state index contributed by atoms with van der Waals surface area (Å²) in [4.78, 5) is 11.2. The van der Waals surface area contributed by atoms with Crippen LogP contribution in [0.3, 0.4) is 0 Å². The fraction of sp³-hybridized carbons (Fsp3) is 0.706. The second-order valence-corrected chi connectivity index (χ2v) is 5.11. The molecule has 0 saturated heterocycles. The Morgan fingerprint density at radius 2 is 1.42 bits per heavy atom. The number of ether oxygens (including phenoxy) is 1. The van der Waals surface area contributed by atoms with Crippen molar-refractivity contribution in [1.29, 1.82) is 0 Å². The molecular formula is C17H30O2. The summed E-state index contributed by atoms with van der Waals surface area (Å²) < 4.78 is 4.67. The van der Waals surface area contributed by atoms with Crippen LogP contribution in [0.1, 0.15) is 77.6 Å². The maximum absolute atomic E-state index is 11.2. The van der Waals surface area contributed by atoms with Gasteiger partial charge in [-0.3, -0.25) is 0 Å². The Balaban J connectivity index is 3.24. The highest BCUT2D eigenvalue weighted by molar-refractivity contribution is 5.87. The molecule has 0 amide bonds. The van der Waals surface area contributed by atoms with Crippen LogP contribution >= 0.6 is 0 Å². The van der Waals surface area contributed by atoms with E-state index in [0.717, 1.165) is 19.1 Å². The lowest BCUT2D eigenvalue weighted by Gasteiger charge is -2.04. The number of rotatable bonds is 13. The van der Waals surface area contributed by atoms with E-state index >= 15 is 0 Å². The predicted octanol–water partition coefficient (Wildman–Crippen LogP) is 5.54. The van der Waals surface area contributed by atoms with Crippen molar-refractivity contribution in [3.05, 3.63) is 25.0 Å². The van der Waals surface area contributed by atoms with E-state index in [0.29, 0.717) is 5.57 Å². The molecule has 2 nitrogen and oxygen atoms in total. The maximum Gasteiger partial charge on any atom is 0.338 e. The zero-order valence-electron chi connectivity index (χ0n) is 12.6. The minimum atomic E-state index is -0.342. The summed E-state index contributed by atoms with van der Waals surface area (Å²) in [6.07, 6.45) is 14.9. The number of unbranched alkanes of at least 4 members (excludes halogenated alkanes) is 9. The Labute approximate surface area is 118 Å². The first kappa shape index (κ1) is 17.9. The van der Waals surface area contributed by atoms with Crippen LogP contribution in [0.25, 0.3) is 0 Å². The third-order valence-electron chi connectivity index (χ3n) is 3.31. The van der Waals surface area contributed by atoms with Crippen LogP contribution in [0.15, 0.2) is 25.0 Å². The van der Waals surface area contributed by atoms with Gasteiger partial charge in [0.2, 0.25) is 0 Å². The van der Waals surface area contributed by atoms with Gasteiger partial charge in [-0.05, 0) is 12.8 Å². The lowest BCUT2D eigenvalue weighted by atomic mass is 10.0. The molecule has 0 saturated carbocycles. The molecule has 0 aliphatic carbocycles. The summed E-state index contributed by atoms with van der Waals surface area (Å²) in [6, 6.07) is 0. The number of carbonyl (C=O) groups is 1. The quantitative estimate of drug-likeness (QED) is 0.189. The molecule has 0 atom stereocenters. The largest absolute Gasteiger partial charge is 0.432 e. The smallest absolute Gasteiger partial charge is 0.338 e. The van der Waals surface area contributed by atoms with Crippen molar-refractivity contribution in [2.75, 3.05) is 0 Å². The Bertz CT molecular complexity index is 256. The van der Waals surface area contributed by atoms with Crippen LogP contribution in [0.4, 0.5) is 0 Å². The first-order chi connectivity index (χ1) is 9.22. The first-order valence-electron chi connectivity index (χ1n) is 7.72. The highest BCUT2D eigenvalue weighted by Gasteiger charge is 2.06. The molecule has 0 spiro atoms. The molecule has 0 aromatic rings. The second-order valence-electron chi connectivity index (χ2n) is 5.11. The van der Waals surface area contributed by atoms with E-state index < -0.39 is 0 Å². The molecule has 0 N–H and O–H groups in total. The number of carbonyl (C=O) groups excluding carboxylic acids is 1. The fourth-order valence-electron chi connectivity index (χ4n) is 2.09. The van der Waals surface area contributed by atoms with Crippen LogP contribution in [-0.2, 0) is 9.53 Å². The highest BCUT2D eigenvalue weighted by Crippen LogP contribution is 2.13. The van der Waals surface area contributed by atoms with E-state index in [1.54, 1.807) is 0 Å². The monoisotopic (exact) mass is 266 g/mol. The molecular weight excluding hydrogens is 236 g/mol. The lowest BCUT2D eigenvalue weighted by molar-refractivity contribution is -0.133. The Morgan fingerprint density at radius 3 is 1.89 bits per heavy atom. The summed E-state index contributed by atoms with van der Waals surface area (Å²) in [7, 11) is 0. The molecule has 0 rings (SSSR count). The van der Waals surface area contributed by atoms with E-state index in [9.17, 15) is 4.79 Å². The SMILES string of the molecule is C=COC(=O)C(=C)CCCCCCCCCCCC. The summed E-state index contributed by atoms with van der Waals surface area (Å²) in [5.74, 6) is -0.342. The van der Waals surface area contributed by atoms with Crippen molar-refractivity contribution in [2.45, 2.75) is 77.6 Å². The van der Waals surface area contributed by atoms with Gasteiger partial charge in [-0.25, -0.2) is 4.79 Å². The van der Waals surface area contributed by atoms with E-state index in [2.05, 4.69) is 24.8 Å². The van der Waals surface area contributed by atoms with E-state index in [-0.39, 0.29) is 5.97 Å². The van der Waals surface area contributed by atoms with Crippen LogP contribution in [0, 0.1) is 0 Å². The van der Waals surface area contributed by atoms with Crippen molar-refractivity contribution in [3.8, 4) is 0 Å². The summed E-state index contributed by atoms with van der Waals surface area (Å²) in [5, 5.41) is 0. The first-order valence-corrected chi connectivity index (χ1v) is 7.72. The van der Waals surface area contributed by atoms with Crippen molar-refractivity contribution in [1.82, 2.24) is 0 Å². The molecule has 0 radical (unpaired) electrons. The second kappa shape index (κ2) is 13.4. The van der Waals surface area contributed by atoms with Crippen LogP contribution in [-0.4, -0.2) is 5.97 Å². The summed E-state index contributed by atoms with van der Waals surface area (Å²) >= 11 is 0. The molecule has 110 valence electrons. The van der Waals surface area contributed by atoms with Gasteiger partial charge in [-0.1, -0.05) is 77.9 Å². The fourth-order valence-corrected chi connectivity index (χ4v) is 2.09. The average molecular weight is 266 g/mol. The molecule has 0 fully saturated rings. The van der Waals surface area contributed by atoms with Gasteiger partial charge in [0.1, 0.15) is 0 Å². The molecule has 0 aromatic carbocycles. The van der Waals surface area contributed by atoms with Gasteiger partial charge in [0.05, 0.1) is 6.26 Å². The van der Waals surface area contributed by atoms with Crippen molar-refractivity contribution in [3.63, 3.8) is 0 Å². The number of hydrogen-bond donors (Lipinski definition) is 0. The standard InChI is InChI=1S/C17H30O2/c1-4-6-7-8-9-10-11-12-13-14-15-16(3)17(18)19-5-2/h5H,2-4,6-15H2,1H3. The molecule has 0 unspecified atom stereocenters. The van der Waals surface area contributed by atoms with Gasteiger partial charge >= 0.3 is 5.97 Å². The van der Waals surface area contributed by atoms with Crippen molar-refractivity contribution in [2.24, 2.45) is 0 Å². The molecule has 2 heteroatoms. The van der Waals surface area contributed by atoms with E-state index in [1.165, 1.54) is 57.8 Å². The molecule has 0 aromatic heterocycles. The van der Waals surface area contributed by atoms with Gasteiger partial charge in [-0.15, -0.1) is 0 Å². The van der Waals surface area contributed by atoms with Crippen LogP contribution < -0.4 is 0 Å². The minimum absolute atomic E-state index is 0.342. The van der Waals surface area contributed by atoms with Gasteiger partial charge in [0.15, 0.2) is 0 Å². The summed E-state index contributed by atoms with van der Waals surface area (Å²) in [6.45, 7) is 9.33. The lowest BCUT2D eigenvalue weighted by Crippen LogP contribution is -2.02. The highest BCUT2D eigenvalue weighted by atomic mass is 16.5. The summed E-state index contributed by atoms with van der Waals surface area (Å²) in [5.41, 5.74) is 0.555. The molecule has 19 heavy (non-hydrogen) atoms. The van der Waals surface area contributed by atoms with Crippen molar-refractivity contribution < 1.29 is 9.53 Å². The normalized spacial score (nSPS) is 10.2. The van der Waals surface area contributed by atoms with Crippen LogP contribution in [0.5, 0.6) is 0 Å². The third kappa shape index (κ3) is 11.8. The van der Waals surface area contributed by atoms with Crippen molar-refractivity contribution >= 4 is 5.97 Å². The molecule has 0 bridgehead atoms. The minimum Gasteiger partial charge on any atom is -0.432 e. The van der Waals surface area contributed by atoms with E-state index in [4.69, 9.17) is 0 Å². The van der Waals surface area contributed by atoms with E-state index in [1.807, 2.05) is 0 Å². The molecule has 0 aliphatic rings. The van der Waals surface area contributed by atoms with Gasteiger partial charge in [0.25, 0.3) is 0 Å². The van der Waals surface area contributed by atoms with Gasteiger partial charge in [0, 0.05) is 5.57 Å². The molecule has 0 heterocycles. The topological polar surface area (TPSA) is 26.3 Å². The zero-order valence-corrected chi connectivity index (χ0v) is 12.6.